The van der Waals surface area contributed by atoms with Crippen LogP contribution in [0.1, 0.15) is 45.7 Å². The second kappa shape index (κ2) is 10.3. The molecule has 1 N–H and O–H groups in total. The van der Waals surface area contributed by atoms with E-state index < -0.39 is 0 Å². The summed E-state index contributed by atoms with van der Waals surface area (Å²) in [5, 5.41) is 13.1. The molecule has 4 rings (SSSR count). The fourth-order valence-corrected chi connectivity index (χ4v) is 4.73. The molecule has 1 fully saturated rings. The lowest BCUT2D eigenvalue weighted by molar-refractivity contribution is 0.0942. The van der Waals surface area contributed by atoms with E-state index in [1.165, 1.54) is 22.9 Å². The molecule has 3 aromatic rings. The third-order valence-electron chi connectivity index (χ3n) is 5.73. The first-order chi connectivity index (χ1) is 15.5. The molecular formula is C25H30N4O2S. The van der Waals surface area contributed by atoms with Crippen LogP contribution in [0.2, 0.25) is 0 Å². The summed E-state index contributed by atoms with van der Waals surface area (Å²) < 4.78 is 7.98. The molecule has 6 nitrogen and oxygen atoms in total. The molecular weight excluding hydrogens is 420 g/mol. The van der Waals surface area contributed by atoms with Gasteiger partial charge in [0.05, 0.1) is 24.9 Å². The summed E-state index contributed by atoms with van der Waals surface area (Å²) in [5.74, 6) is 1.28. The lowest BCUT2D eigenvalue weighted by Crippen LogP contribution is -2.19. The maximum atomic E-state index is 12.7. The van der Waals surface area contributed by atoms with E-state index in [4.69, 9.17) is 4.74 Å². The number of aryl methyl sites for hydroxylation is 3. The number of benzene rings is 2. The van der Waals surface area contributed by atoms with Gasteiger partial charge in [0.2, 0.25) is 0 Å². The Bertz CT molecular complexity index is 1070. The van der Waals surface area contributed by atoms with Gasteiger partial charge in [-0.1, -0.05) is 59.3 Å². The SMILES string of the molecule is Cc1ccc(C(=O)CSc2nnc(CNc3ccc(C)cc3C)n2C[C@H]2CCCO2)cc1. The Balaban J connectivity index is 1.47. The summed E-state index contributed by atoms with van der Waals surface area (Å²) in [6.45, 7) is 8.29. The van der Waals surface area contributed by atoms with Crippen LogP contribution in [0.25, 0.3) is 0 Å². The van der Waals surface area contributed by atoms with Crippen molar-refractivity contribution in [2.45, 2.75) is 58.0 Å². The minimum Gasteiger partial charge on any atom is -0.378 e. The van der Waals surface area contributed by atoms with Crippen LogP contribution in [0.5, 0.6) is 0 Å². The molecule has 0 saturated carbocycles. The maximum absolute atomic E-state index is 12.7. The number of ether oxygens (including phenoxy) is 1. The molecule has 7 heteroatoms. The van der Waals surface area contributed by atoms with Gasteiger partial charge < -0.3 is 14.6 Å². The Morgan fingerprint density at radius 3 is 2.62 bits per heavy atom. The summed E-state index contributed by atoms with van der Waals surface area (Å²) >= 11 is 1.44. The topological polar surface area (TPSA) is 69.0 Å². The normalized spacial score (nSPS) is 15.8. The van der Waals surface area contributed by atoms with Crippen molar-refractivity contribution in [2.75, 3.05) is 17.7 Å². The van der Waals surface area contributed by atoms with E-state index >= 15 is 0 Å². The van der Waals surface area contributed by atoms with E-state index in [9.17, 15) is 4.79 Å². The zero-order chi connectivity index (χ0) is 22.5. The van der Waals surface area contributed by atoms with Gasteiger partial charge in [-0.05, 0) is 45.2 Å². The van der Waals surface area contributed by atoms with Gasteiger partial charge in [-0.2, -0.15) is 0 Å². The quantitative estimate of drug-likeness (QED) is 0.367. The fourth-order valence-electron chi connectivity index (χ4n) is 3.87. The standard InChI is InChI=1S/C25H30N4O2S/c1-17-6-9-20(10-7-17)23(30)16-32-25-28-27-24(29(25)15-21-5-4-12-31-21)14-26-22-11-8-18(2)13-19(22)3/h6-11,13,21,26H,4-5,12,14-16H2,1-3H3/t21-/m1/s1. The van der Waals surface area contributed by atoms with Crippen molar-refractivity contribution in [1.82, 2.24) is 14.8 Å². The number of hydrogen-bond donors (Lipinski definition) is 1. The second-order valence-electron chi connectivity index (χ2n) is 8.39. The monoisotopic (exact) mass is 450 g/mol. The first-order valence-corrected chi connectivity index (χ1v) is 12.1. The lowest BCUT2D eigenvalue weighted by atomic mass is 10.1. The van der Waals surface area contributed by atoms with Gasteiger partial charge in [-0.25, -0.2) is 0 Å². The number of thioether (sulfide) groups is 1. The van der Waals surface area contributed by atoms with Gasteiger partial charge in [-0.3, -0.25) is 4.79 Å². The molecule has 1 saturated heterocycles. The number of Topliss-reactive ketones (excluding diaryl/α,β-unsaturated/α-hetero) is 1. The van der Waals surface area contributed by atoms with Crippen molar-refractivity contribution in [3.05, 3.63) is 70.5 Å². The molecule has 2 heterocycles. The smallest absolute Gasteiger partial charge is 0.191 e. The van der Waals surface area contributed by atoms with E-state index in [1.807, 2.05) is 31.2 Å². The predicted molar refractivity (Wildman–Crippen MR) is 128 cm³/mol. The third kappa shape index (κ3) is 5.58. The van der Waals surface area contributed by atoms with E-state index in [0.29, 0.717) is 18.8 Å². The largest absolute Gasteiger partial charge is 0.378 e. The van der Waals surface area contributed by atoms with Crippen LogP contribution in [0.4, 0.5) is 5.69 Å². The highest BCUT2D eigenvalue weighted by Gasteiger charge is 2.21. The van der Waals surface area contributed by atoms with Crippen LogP contribution in [-0.2, 0) is 17.8 Å². The number of aromatic nitrogens is 3. The minimum absolute atomic E-state index is 0.0941. The van der Waals surface area contributed by atoms with Crippen LogP contribution in [0.15, 0.2) is 47.6 Å². The summed E-state index contributed by atoms with van der Waals surface area (Å²) in [5.41, 5.74) is 5.41. The Morgan fingerprint density at radius 2 is 1.91 bits per heavy atom. The first-order valence-electron chi connectivity index (χ1n) is 11.1. The molecule has 2 aromatic carbocycles. The molecule has 168 valence electrons. The molecule has 0 amide bonds. The van der Waals surface area contributed by atoms with Crippen LogP contribution in [-0.4, -0.2) is 39.0 Å². The van der Waals surface area contributed by atoms with E-state index in [-0.39, 0.29) is 11.9 Å². The fraction of sp³-hybridized carbons (Fsp3) is 0.400. The van der Waals surface area contributed by atoms with Gasteiger partial charge >= 0.3 is 0 Å². The Morgan fingerprint density at radius 1 is 1.12 bits per heavy atom. The van der Waals surface area contributed by atoms with Crippen molar-refractivity contribution in [1.29, 1.82) is 0 Å². The molecule has 1 atom stereocenters. The van der Waals surface area contributed by atoms with Crippen LogP contribution in [0, 0.1) is 20.8 Å². The number of ketones is 1. The van der Waals surface area contributed by atoms with E-state index in [2.05, 4.69) is 52.1 Å². The van der Waals surface area contributed by atoms with Crippen molar-refractivity contribution < 1.29 is 9.53 Å². The Labute approximate surface area is 193 Å². The number of nitrogens with one attached hydrogen (secondary N) is 1. The molecule has 0 unspecified atom stereocenters. The van der Waals surface area contributed by atoms with Crippen molar-refractivity contribution in [3.63, 3.8) is 0 Å². The zero-order valence-corrected chi connectivity index (χ0v) is 19.7. The van der Waals surface area contributed by atoms with Crippen molar-refractivity contribution in [3.8, 4) is 0 Å². The van der Waals surface area contributed by atoms with Gasteiger partial charge in [0.25, 0.3) is 0 Å². The summed E-state index contributed by atoms with van der Waals surface area (Å²) in [4.78, 5) is 12.7. The van der Waals surface area contributed by atoms with Crippen LogP contribution in [0.3, 0.4) is 0 Å². The van der Waals surface area contributed by atoms with Gasteiger partial charge in [0.1, 0.15) is 0 Å². The van der Waals surface area contributed by atoms with E-state index in [0.717, 1.165) is 47.2 Å². The predicted octanol–water partition coefficient (Wildman–Crippen LogP) is 4.97. The number of carbonyl (C=O) groups is 1. The number of hydrogen-bond acceptors (Lipinski definition) is 6. The number of nitrogens with zero attached hydrogens (tertiary/aromatic N) is 3. The molecule has 32 heavy (non-hydrogen) atoms. The Kier molecular flexibility index (Phi) is 7.27. The summed E-state index contributed by atoms with van der Waals surface area (Å²) in [7, 11) is 0. The zero-order valence-electron chi connectivity index (χ0n) is 18.9. The molecule has 1 aromatic heterocycles. The molecule has 1 aliphatic heterocycles. The van der Waals surface area contributed by atoms with Crippen molar-refractivity contribution >= 4 is 23.2 Å². The third-order valence-corrected chi connectivity index (χ3v) is 6.70. The highest BCUT2D eigenvalue weighted by molar-refractivity contribution is 7.99. The maximum Gasteiger partial charge on any atom is 0.191 e. The summed E-state index contributed by atoms with van der Waals surface area (Å²) in [6.07, 6.45) is 2.28. The van der Waals surface area contributed by atoms with Crippen LogP contribution >= 0.6 is 11.8 Å². The van der Waals surface area contributed by atoms with Gasteiger partial charge in [0, 0.05) is 17.9 Å². The number of carbonyl (C=O) groups excluding carboxylic acids is 1. The van der Waals surface area contributed by atoms with Gasteiger partial charge in [0.15, 0.2) is 16.8 Å². The summed E-state index contributed by atoms with van der Waals surface area (Å²) in [6, 6.07) is 14.1. The average molecular weight is 451 g/mol. The van der Waals surface area contributed by atoms with Crippen LogP contribution < -0.4 is 5.32 Å². The highest BCUT2D eigenvalue weighted by atomic mass is 32.2. The molecule has 0 bridgehead atoms. The number of rotatable bonds is 9. The molecule has 0 aliphatic carbocycles. The molecule has 1 aliphatic rings. The van der Waals surface area contributed by atoms with Crippen molar-refractivity contribution in [2.24, 2.45) is 0 Å². The van der Waals surface area contributed by atoms with Gasteiger partial charge in [-0.15, -0.1) is 10.2 Å². The highest BCUT2D eigenvalue weighted by Crippen LogP contribution is 2.23. The molecule has 0 radical (unpaired) electrons. The second-order valence-corrected chi connectivity index (χ2v) is 9.34. The minimum atomic E-state index is 0.0941. The Hall–Kier alpha value is -2.64. The average Bonchev–Trinajstić information content (AvgIpc) is 3.42. The molecule has 0 spiro atoms. The van der Waals surface area contributed by atoms with E-state index in [1.54, 1.807) is 0 Å². The lowest BCUT2D eigenvalue weighted by Gasteiger charge is -2.16. The number of anilines is 1. The first kappa shape index (κ1) is 22.6.